The van der Waals surface area contributed by atoms with Gasteiger partial charge in [0.15, 0.2) is 6.10 Å². The van der Waals surface area contributed by atoms with Crippen LogP contribution < -0.4 is 10.3 Å². The summed E-state index contributed by atoms with van der Waals surface area (Å²) < 4.78 is 37.6. The first-order valence-corrected chi connectivity index (χ1v) is 14.9. The number of rotatable bonds is 10. The number of esters is 1. The van der Waals surface area contributed by atoms with Crippen molar-refractivity contribution < 1.29 is 22.7 Å². The summed E-state index contributed by atoms with van der Waals surface area (Å²) in [4.78, 5) is 40.8. The molecule has 1 aromatic heterocycles. The number of sulfonamides is 1. The number of nitrogens with zero attached hydrogens (tertiary/aromatic N) is 3. The highest BCUT2D eigenvalue weighted by Crippen LogP contribution is 2.22. The topological polar surface area (TPSA) is 120 Å². The van der Waals surface area contributed by atoms with Crippen LogP contribution in [-0.2, 0) is 33.1 Å². The summed E-state index contributed by atoms with van der Waals surface area (Å²) in [6, 6.07) is 22.3. The van der Waals surface area contributed by atoms with Crippen LogP contribution in [0.15, 0.2) is 88.6 Å². The first-order chi connectivity index (χ1) is 19.9. The predicted molar refractivity (Wildman–Crippen MR) is 160 cm³/mol. The maximum atomic E-state index is 13.4. The van der Waals surface area contributed by atoms with E-state index in [1.807, 2.05) is 43.3 Å². The molecule has 1 N–H and O–H groups in total. The van der Waals surface area contributed by atoms with E-state index >= 15 is 0 Å². The molecule has 1 amide bonds. The molecule has 3 aromatic carbocycles. The first kappa shape index (κ1) is 30.3. The number of ether oxygens (including phenoxy) is 1. The Balaban J connectivity index is 1.55. The van der Waals surface area contributed by atoms with Crippen molar-refractivity contribution >= 4 is 27.6 Å². The Morgan fingerprint density at radius 2 is 1.60 bits per heavy atom. The van der Waals surface area contributed by atoms with Crippen LogP contribution in [0.5, 0.6) is 0 Å². The van der Waals surface area contributed by atoms with Crippen molar-refractivity contribution in [3.05, 3.63) is 112 Å². The predicted octanol–water partition coefficient (Wildman–Crippen LogP) is 4.19. The Bertz CT molecular complexity index is 1760. The van der Waals surface area contributed by atoms with Crippen LogP contribution in [0.2, 0.25) is 0 Å². The number of amides is 1. The largest absolute Gasteiger partial charge is 0.449 e. The number of aryl methyl sites for hydroxylation is 1. The minimum absolute atomic E-state index is 0.00453. The molecule has 1 atom stereocenters. The molecule has 0 fully saturated rings. The van der Waals surface area contributed by atoms with E-state index in [1.165, 1.54) is 29.8 Å². The van der Waals surface area contributed by atoms with Crippen molar-refractivity contribution in [2.45, 2.75) is 45.2 Å². The molecule has 220 valence electrons. The summed E-state index contributed by atoms with van der Waals surface area (Å²) in [6.45, 7) is 7.37. The van der Waals surface area contributed by atoms with E-state index in [0.29, 0.717) is 30.0 Å². The highest BCUT2D eigenvalue weighted by atomic mass is 32.2. The van der Waals surface area contributed by atoms with Crippen molar-refractivity contribution in [3.8, 4) is 5.69 Å². The molecule has 42 heavy (non-hydrogen) atoms. The van der Waals surface area contributed by atoms with Gasteiger partial charge in [-0.05, 0) is 63.1 Å². The fraction of sp³-hybridized carbons (Fsp3) is 0.258. The molecule has 0 saturated heterocycles. The van der Waals surface area contributed by atoms with Crippen LogP contribution in [0.4, 0.5) is 5.69 Å². The standard InChI is InChI=1S/C31H34N4O6S/c1-6-34(20-24-13-9-7-10-14-24)29(36)23(4)41-31(38)27-19-26(18-17-21(27)2)42(39,40)32-28-22(3)33(5)35(30(28)37)25-15-11-8-12-16-25/h7-19,23,32H,6,20H2,1-5H3/t23-/m1/s1. The number of para-hydroxylation sites is 1. The van der Waals surface area contributed by atoms with Gasteiger partial charge < -0.3 is 9.64 Å². The molecule has 0 aliphatic heterocycles. The van der Waals surface area contributed by atoms with Gasteiger partial charge in [0.2, 0.25) is 0 Å². The summed E-state index contributed by atoms with van der Waals surface area (Å²) in [5.74, 6) is -1.20. The molecule has 11 heteroatoms. The molecule has 0 unspecified atom stereocenters. The monoisotopic (exact) mass is 590 g/mol. The van der Waals surface area contributed by atoms with Gasteiger partial charge in [0.05, 0.1) is 21.8 Å². The fourth-order valence-corrected chi connectivity index (χ4v) is 5.69. The third-order valence-corrected chi connectivity index (χ3v) is 8.42. The van der Waals surface area contributed by atoms with Gasteiger partial charge in [-0.1, -0.05) is 54.6 Å². The lowest BCUT2D eigenvalue weighted by Crippen LogP contribution is -2.39. The highest BCUT2D eigenvalue weighted by molar-refractivity contribution is 7.92. The second kappa shape index (κ2) is 12.5. The summed E-state index contributed by atoms with van der Waals surface area (Å²) in [7, 11) is -2.62. The average Bonchev–Trinajstić information content (AvgIpc) is 3.18. The number of carbonyl (C=O) groups excluding carboxylic acids is 2. The number of likely N-dealkylation sites (N-methyl/N-ethyl adjacent to an activating group) is 1. The Kier molecular flexibility index (Phi) is 9.01. The zero-order valence-corrected chi connectivity index (χ0v) is 25.0. The minimum Gasteiger partial charge on any atom is -0.449 e. The van der Waals surface area contributed by atoms with Gasteiger partial charge >= 0.3 is 5.97 Å². The van der Waals surface area contributed by atoms with Crippen LogP contribution in [0.1, 0.15) is 41.0 Å². The van der Waals surface area contributed by atoms with E-state index in [-0.39, 0.29) is 22.1 Å². The maximum absolute atomic E-state index is 13.4. The van der Waals surface area contributed by atoms with E-state index in [4.69, 9.17) is 4.74 Å². The molecular weight excluding hydrogens is 556 g/mol. The summed E-state index contributed by atoms with van der Waals surface area (Å²) in [6.07, 6.45) is -1.10. The summed E-state index contributed by atoms with van der Waals surface area (Å²) in [5, 5.41) is 0. The van der Waals surface area contributed by atoms with Crippen molar-refractivity contribution in [3.63, 3.8) is 0 Å². The molecule has 0 spiro atoms. The van der Waals surface area contributed by atoms with Crippen molar-refractivity contribution in [2.75, 3.05) is 11.3 Å². The van der Waals surface area contributed by atoms with Crippen molar-refractivity contribution in [2.24, 2.45) is 7.05 Å². The number of aromatic nitrogens is 2. The normalized spacial score (nSPS) is 12.0. The molecule has 4 rings (SSSR count). The average molecular weight is 591 g/mol. The van der Waals surface area contributed by atoms with Gasteiger partial charge in [-0.25, -0.2) is 17.9 Å². The number of nitrogens with one attached hydrogen (secondary N) is 1. The van der Waals surface area contributed by atoms with Crippen LogP contribution in [0.3, 0.4) is 0 Å². The zero-order chi connectivity index (χ0) is 30.6. The van der Waals surface area contributed by atoms with Gasteiger partial charge in [0.25, 0.3) is 21.5 Å². The van der Waals surface area contributed by atoms with Crippen LogP contribution in [0.25, 0.3) is 5.69 Å². The lowest BCUT2D eigenvalue weighted by molar-refractivity contribution is -0.140. The highest BCUT2D eigenvalue weighted by Gasteiger charge is 2.27. The van der Waals surface area contributed by atoms with E-state index in [1.54, 1.807) is 54.7 Å². The molecule has 1 heterocycles. The number of benzene rings is 3. The third-order valence-electron chi connectivity index (χ3n) is 7.07. The second-order valence-electron chi connectivity index (χ2n) is 9.90. The number of hydrogen-bond acceptors (Lipinski definition) is 6. The number of anilines is 1. The van der Waals surface area contributed by atoms with Gasteiger partial charge in [0, 0.05) is 20.1 Å². The molecule has 10 nitrogen and oxygen atoms in total. The van der Waals surface area contributed by atoms with E-state index in [0.717, 1.165) is 5.56 Å². The Hall–Kier alpha value is -4.64. The number of hydrogen-bond donors (Lipinski definition) is 1. The molecular formula is C31H34N4O6S. The van der Waals surface area contributed by atoms with Crippen molar-refractivity contribution in [1.82, 2.24) is 14.3 Å². The Morgan fingerprint density at radius 3 is 2.21 bits per heavy atom. The third kappa shape index (κ3) is 6.31. The molecule has 0 radical (unpaired) electrons. The smallest absolute Gasteiger partial charge is 0.339 e. The second-order valence-corrected chi connectivity index (χ2v) is 11.6. The molecule has 0 bridgehead atoms. The van der Waals surface area contributed by atoms with Crippen LogP contribution >= 0.6 is 0 Å². The lowest BCUT2D eigenvalue weighted by atomic mass is 10.1. The summed E-state index contributed by atoms with van der Waals surface area (Å²) >= 11 is 0. The number of carbonyl (C=O) groups is 2. The van der Waals surface area contributed by atoms with E-state index in [9.17, 15) is 22.8 Å². The minimum atomic E-state index is -4.27. The van der Waals surface area contributed by atoms with Gasteiger partial charge in [-0.3, -0.25) is 19.0 Å². The van der Waals surface area contributed by atoms with Crippen LogP contribution in [-0.4, -0.2) is 47.2 Å². The Morgan fingerprint density at radius 1 is 0.976 bits per heavy atom. The fourth-order valence-electron chi connectivity index (χ4n) is 4.55. The van der Waals surface area contributed by atoms with Gasteiger partial charge in [-0.2, -0.15) is 0 Å². The van der Waals surface area contributed by atoms with Gasteiger partial charge in [-0.15, -0.1) is 0 Å². The quantitative estimate of drug-likeness (QED) is 0.277. The van der Waals surface area contributed by atoms with Crippen LogP contribution in [0, 0.1) is 13.8 Å². The van der Waals surface area contributed by atoms with E-state index < -0.39 is 27.7 Å². The molecule has 0 aliphatic carbocycles. The molecule has 4 aromatic rings. The maximum Gasteiger partial charge on any atom is 0.339 e. The molecule has 0 aliphatic rings. The van der Waals surface area contributed by atoms with Gasteiger partial charge in [0.1, 0.15) is 5.69 Å². The molecule has 0 saturated carbocycles. The Labute approximate surface area is 245 Å². The SMILES string of the molecule is CCN(Cc1ccccc1)C(=O)[C@@H](C)OC(=O)c1cc(S(=O)(=O)Nc2c(C)n(C)n(-c3ccccc3)c2=O)ccc1C. The summed E-state index contributed by atoms with van der Waals surface area (Å²) in [5.41, 5.74) is 1.74. The first-order valence-electron chi connectivity index (χ1n) is 13.5. The zero-order valence-electron chi connectivity index (χ0n) is 24.2. The van der Waals surface area contributed by atoms with E-state index in [2.05, 4.69) is 4.72 Å². The lowest BCUT2D eigenvalue weighted by Gasteiger charge is -2.24. The van der Waals surface area contributed by atoms with Crippen molar-refractivity contribution in [1.29, 1.82) is 0 Å².